The van der Waals surface area contributed by atoms with Gasteiger partial charge in [-0.05, 0) is 39.0 Å². The van der Waals surface area contributed by atoms with Gasteiger partial charge in [-0.25, -0.2) is 9.18 Å². The van der Waals surface area contributed by atoms with Gasteiger partial charge in [-0.2, -0.15) is 5.10 Å². The van der Waals surface area contributed by atoms with Gasteiger partial charge in [0, 0.05) is 25.2 Å². The summed E-state index contributed by atoms with van der Waals surface area (Å²) in [5, 5.41) is 7.06. The molecule has 1 aromatic carbocycles. The zero-order valence-electron chi connectivity index (χ0n) is 19.6. The molecule has 10 nitrogen and oxygen atoms in total. The molecule has 11 heteroatoms. The van der Waals surface area contributed by atoms with Crippen molar-refractivity contribution in [3.05, 3.63) is 41.5 Å². The molecule has 4 rings (SSSR count). The average molecular weight is 474 g/mol. The second-order valence-corrected chi connectivity index (χ2v) is 9.43. The van der Waals surface area contributed by atoms with Crippen LogP contribution in [0.15, 0.2) is 24.4 Å². The number of halogens is 1. The van der Waals surface area contributed by atoms with Crippen LogP contribution in [0, 0.1) is 5.82 Å². The number of hydrogen-bond acceptors (Lipinski definition) is 7. The molecule has 1 aromatic heterocycles. The third-order valence-corrected chi connectivity index (χ3v) is 5.37. The van der Waals surface area contributed by atoms with Gasteiger partial charge in [-0.15, -0.1) is 0 Å². The number of cyclic esters (lactones) is 1. The number of amides is 2. The van der Waals surface area contributed by atoms with Gasteiger partial charge >= 0.3 is 12.1 Å². The van der Waals surface area contributed by atoms with Gasteiger partial charge in [0.15, 0.2) is 0 Å². The van der Waals surface area contributed by atoms with Crippen LogP contribution >= 0.6 is 0 Å². The summed E-state index contributed by atoms with van der Waals surface area (Å²) in [4.78, 5) is 38.5. The largest absolute Gasteiger partial charge is 0.459 e. The van der Waals surface area contributed by atoms with E-state index in [2.05, 4.69) is 10.4 Å². The van der Waals surface area contributed by atoms with Crippen molar-refractivity contribution in [2.45, 2.75) is 59.0 Å². The third kappa shape index (κ3) is 5.29. The summed E-state index contributed by atoms with van der Waals surface area (Å²) >= 11 is 0. The Morgan fingerprint density at radius 1 is 1.29 bits per heavy atom. The molecule has 0 unspecified atom stereocenters. The molecule has 1 fully saturated rings. The summed E-state index contributed by atoms with van der Waals surface area (Å²) in [6.07, 6.45) is 0.703. The Kier molecular flexibility index (Phi) is 6.20. The minimum atomic E-state index is -0.581. The standard InChI is InChI=1S/C23H28FN5O5/c1-14(30)25-8-17-11-29(22(32)33-17)16-5-6-20(18(24)7-16)27-9-15-10-28(26-19(15)12-27)13-21(31)34-23(2,3)4/h5-7,10,17H,8-9,11-13H2,1-4H3,(H,25,30)/t17-/m0/s1. The van der Waals surface area contributed by atoms with E-state index in [0.29, 0.717) is 24.5 Å². The predicted molar refractivity (Wildman–Crippen MR) is 121 cm³/mol. The number of carbonyl (C=O) groups is 3. The van der Waals surface area contributed by atoms with Gasteiger partial charge in [-0.3, -0.25) is 19.2 Å². The van der Waals surface area contributed by atoms with Crippen molar-refractivity contribution in [2.24, 2.45) is 0 Å². The summed E-state index contributed by atoms with van der Waals surface area (Å²) < 4.78 is 27.1. The van der Waals surface area contributed by atoms with Crippen molar-refractivity contribution in [3.63, 3.8) is 0 Å². The Morgan fingerprint density at radius 3 is 2.71 bits per heavy atom. The first-order chi connectivity index (χ1) is 16.0. The second kappa shape index (κ2) is 8.96. The van der Waals surface area contributed by atoms with Gasteiger partial charge in [0.25, 0.3) is 0 Å². The monoisotopic (exact) mass is 473 g/mol. The van der Waals surface area contributed by atoms with Crippen LogP contribution in [0.5, 0.6) is 0 Å². The summed E-state index contributed by atoms with van der Waals surface area (Å²) in [6.45, 7) is 8.10. The van der Waals surface area contributed by atoms with Crippen LogP contribution in [-0.2, 0) is 38.7 Å². The van der Waals surface area contributed by atoms with E-state index >= 15 is 4.39 Å². The van der Waals surface area contributed by atoms with E-state index in [9.17, 15) is 14.4 Å². The second-order valence-electron chi connectivity index (χ2n) is 9.43. The van der Waals surface area contributed by atoms with E-state index in [0.717, 1.165) is 11.3 Å². The molecule has 1 atom stereocenters. The SMILES string of the molecule is CC(=O)NC[C@H]1CN(c2ccc(N3Cc4cn(CC(=O)OC(C)(C)C)nc4C3)c(F)c2)C(=O)O1. The normalized spacial score (nSPS) is 17.6. The smallest absolute Gasteiger partial charge is 0.414 e. The summed E-state index contributed by atoms with van der Waals surface area (Å²) in [5.74, 6) is -1.05. The van der Waals surface area contributed by atoms with Crippen LogP contribution in [0.3, 0.4) is 0 Å². The van der Waals surface area contributed by atoms with E-state index < -0.39 is 23.6 Å². The quantitative estimate of drug-likeness (QED) is 0.642. The molecule has 2 amide bonds. The molecule has 0 aliphatic carbocycles. The van der Waals surface area contributed by atoms with Crippen LogP contribution in [-0.4, -0.2) is 52.5 Å². The number of carbonyl (C=O) groups excluding carboxylic acids is 3. The molecule has 0 spiro atoms. The number of aromatic nitrogens is 2. The fourth-order valence-electron chi connectivity index (χ4n) is 3.98. The first-order valence-electron chi connectivity index (χ1n) is 11.0. The molecule has 2 aliphatic heterocycles. The Hall–Kier alpha value is -3.63. The van der Waals surface area contributed by atoms with E-state index in [4.69, 9.17) is 9.47 Å². The van der Waals surface area contributed by atoms with E-state index in [1.165, 1.54) is 17.9 Å². The number of benzene rings is 1. The van der Waals surface area contributed by atoms with Gasteiger partial charge in [0.2, 0.25) is 5.91 Å². The molecule has 0 radical (unpaired) electrons. The molecule has 1 N–H and O–H groups in total. The zero-order chi connectivity index (χ0) is 24.6. The van der Waals surface area contributed by atoms with Gasteiger partial charge in [0.05, 0.1) is 36.7 Å². The van der Waals surface area contributed by atoms with Crippen molar-refractivity contribution < 1.29 is 28.2 Å². The number of anilines is 2. The number of fused-ring (bicyclic) bond motifs is 1. The van der Waals surface area contributed by atoms with Crippen molar-refractivity contribution in [3.8, 4) is 0 Å². The fourth-order valence-corrected chi connectivity index (χ4v) is 3.98. The highest BCUT2D eigenvalue weighted by molar-refractivity contribution is 5.90. The van der Waals surface area contributed by atoms with Crippen LogP contribution in [0.4, 0.5) is 20.6 Å². The summed E-state index contributed by atoms with van der Waals surface area (Å²) in [7, 11) is 0. The number of esters is 1. The lowest BCUT2D eigenvalue weighted by atomic mass is 10.2. The molecule has 0 saturated carbocycles. The maximum Gasteiger partial charge on any atom is 0.414 e. The average Bonchev–Trinajstić information content (AvgIpc) is 3.37. The number of ether oxygens (including phenoxy) is 2. The maximum absolute atomic E-state index is 15.0. The maximum atomic E-state index is 15.0. The molecule has 34 heavy (non-hydrogen) atoms. The zero-order valence-corrected chi connectivity index (χ0v) is 19.6. The number of hydrogen-bond donors (Lipinski definition) is 1. The summed E-state index contributed by atoms with van der Waals surface area (Å²) in [5.41, 5.74) is 1.90. The van der Waals surface area contributed by atoms with Crippen LogP contribution < -0.4 is 15.1 Å². The number of nitrogens with one attached hydrogen (secondary N) is 1. The molecular weight excluding hydrogens is 445 g/mol. The Balaban J connectivity index is 1.38. The summed E-state index contributed by atoms with van der Waals surface area (Å²) in [6, 6.07) is 4.59. The Labute approximate surface area is 196 Å². The molecular formula is C23H28FN5O5. The minimum absolute atomic E-state index is 0.0161. The highest BCUT2D eigenvalue weighted by atomic mass is 19.1. The Morgan fingerprint density at radius 2 is 2.06 bits per heavy atom. The van der Waals surface area contributed by atoms with Crippen LogP contribution in [0.2, 0.25) is 0 Å². The molecule has 0 bridgehead atoms. The lowest BCUT2D eigenvalue weighted by molar-refractivity contribution is -0.155. The van der Waals surface area contributed by atoms with Crippen LogP contribution in [0.1, 0.15) is 39.0 Å². The fraction of sp³-hybridized carbons (Fsp3) is 0.478. The molecule has 3 heterocycles. The highest BCUT2D eigenvalue weighted by Gasteiger charge is 2.33. The molecule has 2 aliphatic rings. The van der Waals surface area contributed by atoms with Crippen molar-refractivity contribution in [1.29, 1.82) is 0 Å². The minimum Gasteiger partial charge on any atom is -0.459 e. The van der Waals surface area contributed by atoms with Crippen molar-refractivity contribution >= 4 is 29.3 Å². The van der Waals surface area contributed by atoms with E-state index in [1.807, 2.05) is 25.7 Å². The highest BCUT2D eigenvalue weighted by Crippen LogP contribution is 2.32. The lowest BCUT2D eigenvalue weighted by Crippen LogP contribution is -2.33. The third-order valence-electron chi connectivity index (χ3n) is 5.37. The lowest BCUT2D eigenvalue weighted by Gasteiger charge is -2.21. The van der Waals surface area contributed by atoms with Gasteiger partial charge < -0.3 is 19.7 Å². The van der Waals surface area contributed by atoms with E-state index in [-0.39, 0.29) is 31.5 Å². The van der Waals surface area contributed by atoms with Gasteiger partial charge in [0.1, 0.15) is 24.1 Å². The van der Waals surface area contributed by atoms with Gasteiger partial charge in [-0.1, -0.05) is 0 Å². The first kappa shape index (κ1) is 23.5. The van der Waals surface area contributed by atoms with Crippen molar-refractivity contribution in [2.75, 3.05) is 22.9 Å². The molecule has 1 saturated heterocycles. The van der Waals surface area contributed by atoms with E-state index in [1.54, 1.807) is 23.0 Å². The van der Waals surface area contributed by atoms with Crippen molar-refractivity contribution in [1.82, 2.24) is 15.1 Å². The number of nitrogens with zero attached hydrogens (tertiary/aromatic N) is 4. The molecule has 182 valence electrons. The predicted octanol–water partition coefficient (Wildman–Crippen LogP) is 2.35. The number of rotatable bonds is 6. The van der Waals surface area contributed by atoms with Crippen LogP contribution in [0.25, 0.3) is 0 Å². The topological polar surface area (TPSA) is 106 Å². The Bertz CT molecular complexity index is 1100. The first-order valence-corrected chi connectivity index (χ1v) is 11.0. The molecule has 2 aromatic rings.